The molecule has 0 radical (unpaired) electrons. The summed E-state index contributed by atoms with van der Waals surface area (Å²) < 4.78 is 9.90. The molecule has 1 N–H and O–H groups in total. The number of oxime groups is 1. The van der Waals surface area contributed by atoms with Crippen molar-refractivity contribution in [3.05, 3.63) is 59.4 Å². The van der Waals surface area contributed by atoms with Gasteiger partial charge in [0.25, 0.3) is 0 Å². The Hall–Kier alpha value is -2.89. The van der Waals surface area contributed by atoms with E-state index < -0.39 is 5.97 Å². The van der Waals surface area contributed by atoms with Gasteiger partial charge in [0.2, 0.25) is 0 Å². The van der Waals surface area contributed by atoms with Crippen molar-refractivity contribution in [3.63, 3.8) is 0 Å². The second-order valence-electron chi connectivity index (χ2n) is 4.07. The Morgan fingerprint density at radius 1 is 1.24 bits per heavy atom. The molecule has 0 saturated carbocycles. The monoisotopic (exact) mass is 286 g/mol. The Morgan fingerprint density at radius 3 is 2.67 bits per heavy atom. The number of pyridine rings is 1. The molecule has 0 bridgehead atoms. The van der Waals surface area contributed by atoms with Crippen molar-refractivity contribution in [3.8, 4) is 5.75 Å². The van der Waals surface area contributed by atoms with Crippen LogP contribution in [0.4, 0.5) is 0 Å². The number of nitrogens with zero attached hydrogens (tertiary/aromatic N) is 2. The minimum absolute atomic E-state index is 0.207. The third-order valence-electron chi connectivity index (χ3n) is 2.89. The first-order valence-electron chi connectivity index (χ1n) is 6.11. The molecular formula is C15H14N2O4. The molecular weight excluding hydrogens is 272 g/mol. The Balaban J connectivity index is 2.50. The summed E-state index contributed by atoms with van der Waals surface area (Å²) in [6.45, 7) is 0. The van der Waals surface area contributed by atoms with Crippen LogP contribution in [0, 0.1) is 0 Å². The summed E-state index contributed by atoms with van der Waals surface area (Å²) >= 11 is 0. The van der Waals surface area contributed by atoms with Crippen molar-refractivity contribution in [2.24, 2.45) is 5.16 Å². The van der Waals surface area contributed by atoms with Gasteiger partial charge < -0.3 is 14.7 Å². The molecule has 0 aliphatic heterocycles. The number of hydrogen-bond acceptors (Lipinski definition) is 6. The highest BCUT2D eigenvalue weighted by Crippen LogP contribution is 2.21. The van der Waals surface area contributed by atoms with Crippen LogP contribution >= 0.6 is 0 Å². The maximum absolute atomic E-state index is 11.6. The van der Waals surface area contributed by atoms with E-state index in [4.69, 9.17) is 4.74 Å². The van der Waals surface area contributed by atoms with Gasteiger partial charge in [-0.25, -0.2) is 4.79 Å². The van der Waals surface area contributed by atoms with E-state index in [-0.39, 0.29) is 5.71 Å². The van der Waals surface area contributed by atoms with E-state index in [0.717, 1.165) is 0 Å². The Labute approximate surface area is 121 Å². The van der Waals surface area contributed by atoms with Gasteiger partial charge in [-0.2, -0.15) is 0 Å². The third kappa shape index (κ3) is 3.00. The predicted molar refractivity (Wildman–Crippen MR) is 76.0 cm³/mol. The Morgan fingerprint density at radius 2 is 2.00 bits per heavy atom. The molecule has 0 aliphatic rings. The quantitative estimate of drug-likeness (QED) is 0.403. The fourth-order valence-corrected chi connectivity index (χ4v) is 1.89. The van der Waals surface area contributed by atoms with Crippen LogP contribution < -0.4 is 4.74 Å². The molecule has 0 aliphatic carbocycles. The summed E-state index contributed by atoms with van der Waals surface area (Å²) in [6, 6.07) is 10.1. The first-order valence-corrected chi connectivity index (χ1v) is 6.11. The van der Waals surface area contributed by atoms with Crippen LogP contribution in [0.25, 0.3) is 0 Å². The Kier molecular flexibility index (Phi) is 4.50. The van der Waals surface area contributed by atoms with Crippen LogP contribution in [0.15, 0.2) is 47.8 Å². The standard InChI is InChI=1S/C15H14N2O4/c1-20-13-6-4-3-5-11(13)14(17-19)12-9-10(7-8-16-12)15(18)21-2/h3-9,19H,1-2H3/b17-14-. The van der Waals surface area contributed by atoms with E-state index in [2.05, 4.69) is 14.9 Å². The first-order chi connectivity index (χ1) is 10.2. The highest BCUT2D eigenvalue weighted by atomic mass is 16.5. The normalized spacial score (nSPS) is 11.0. The number of carbonyl (C=O) groups excluding carboxylic acids is 1. The Bertz CT molecular complexity index is 683. The number of hydrogen-bond donors (Lipinski definition) is 1. The molecule has 2 aromatic rings. The second-order valence-corrected chi connectivity index (χ2v) is 4.07. The molecule has 1 heterocycles. The molecule has 6 heteroatoms. The number of ether oxygens (including phenoxy) is 2. The number of aromatic nitrogens is 1. The SMILES string of the molecule is COC(=O)c1ccnc(/C(=N\O)c2ccccc2OC)c1. The lowest BCUT2D eigenvalue weighted by Crippen LogP contribution is -2.10. The van der Waals surface area contributed by atoms with E-state index in [1.807, 2.05) is 0 Å². The van der Waals surface area contributed by atoms with Crippen molar-refractivity contribution in [2.75, 3.05) is 14.2 Å². The molecule has 6 nitrogen and oxygen atoms in total. The summed E-state index contributed by atoms with van der Waals surface area (Å²) in [4.78, 5) is 15.7. The molecule has 21 heavy (non-hydrogen) atoms. The lowest BCUT2D eigenvalue weighted by Gasteiger charge is -2.09. The number of benzene rings is 1. The zero-order chi connectivity index (χ0) is 15.2. The molecule has 0 spiro atoms. The van der Waals surface area contributed by atoms with Crippen LogP contribution in [0.5, 0.6) is 5.75 Å². The predicted octanol–water partition coefficient (Wildman–Crippen LogP) is 2.10. The molecule has 0 saturated heterocycles. The molecule has 108 valence electrons. The van der Waals surface area contributed by atoms with Crippen LogP contribution in [-0.2, 0) is 4.74 Å². The van der Waals surface area contributed by atoms with Crippen molar-refractivity contribution >= 4 is 11.7 Å². The highest BCUT2D eigenvalue weighted by Gasteiger charge is 2.16. The highest BCUT2D eigenvalue weighted by molar-refractivity contribution is 6.13. The van der Waals surface area contributed by atoms with E-state index in [1.54, 1.807) is 24.3 Å². The maximum atomic E-state index is 11.6. The average molecular weight is 286 g/mol. The van der Waals surface area contributed by atoms with Crippen LogP contribution in [0.1, 0.15) is 21.6 Å². The van der Waals surface area contributed by atoms with Crippen molar-refractivity contribution in [1.82, 2.24) is 4.98 Å². The van der Waals surface area contributed by atoms with E-state index in [1.165, 1.54) is 32.5 Å². The molecule has 1 aromatic heterocycles. The van der Waals surface area contributed by atoms with Crippen LogP contribution in [0.3, 0.4) is 0 Å². The van der Waals surface area contributed by atoms with Gasteiger partial charge in [-0.15, -0.1) is 0 Å². The molecule has 0 atom stereocenters. The van der Waals surface area contributed by atoms with Crippen LogP contribution in [0.2, 0.25) is 0 Å². The largest absolute Gasteiger partial charge is 0.496 e. The number of methoxy groups -OCH3 is 2. The number of rotatable bonds is 4. The van der Waals surface area contributed by atoms with Gasteiger partial charge in [-0.05, 0) is 24.3 Å². The van der Waals surface area contributed by atoms with Gasteiger partial charge in [-0.1, -0.05) is 17.3 Å². The third-order valence-corrected chi connectivity index (χ3v) is 2.89. The van der Waals surface area contributed by atoms with Gasteiger partial charge in [-0.3, -0.25) is 4.98 Å². The molecule has 0 amide bonds. The van der Waals surface area contributed by atoms with Gasteiger partial charge in [0, 0.05) is 11.8 Å². The van der Waals surface area contributed by atoms with Gasteiger partial charge in [0.1, 0.15) is 11.5 Å². The molecule has 0 unspecified atom stereocenters. The summed E-state index contributed by atoms with van der Waals surface area (Å²) in [5.74, 6) is 0.0477. The minimum Gasteiger partial charge on any atom is -0.496 e. The van der Waals surface area contributed by atoms with Crippen LogP contribution in [-0.4, -0.2) is 36.1 Å². The van der Waals surface area contributed by atoms with Gasteiger partial charge in [0.05, 0.1) is 25.5 Å². The van der Waals surface area contributed by atoms with E-state index in [0.29, 0.717) is 22.6 Å². The lowest BCUT2D eigenvalue weighted by atomic mass is 10.0. The summed E-state index contributed by atoms with van der Waals surface area (Å²) in [5, 5.41) is 12.6. The number of esters is 1. The second kappa shape index (κ2) is 6.51. The van der Waals surface area contributed by atoms with Crippen molar-refractivity contribution in [2.45, 2.75) is 0 Å². The number of para-hydroxylation sites is 1. The zero-order valence-corrected chi connectivity index (χ0v) is 11.6. The van der Waals surface area contributed by atoms with E-state index >= 15 is 0 Å². The van der Waals surface area contributed by atoms with Gasteiger partial charge in [0.15, 0.2) is 0 Å². The van der Waals surface area contributed by atoms with Gasteiger partial charge >= 0.3 is 5.97 Å². The lowest BCUT2D eigenvalue weighted by molar-refractivity contribution is 0.0600. The fourth-order valence-electron chi connectivity index (χ4n) is 1.89. The number of carbonyl (C=O) groups is 1. The maximum Gasteiger partial charge on any atom is 0.337 e. The minimum atomic E-state index is -0.490. The summed E-state index contributed by atoms with van der Waals surface area (Å²) in [6.07, 6.45) is 1.45. The molecule has 1 aromatic carbocycles. The summed E-state index contributed by atoms with van der Waals surface area (Å²) in [7, 11) is 2.82. The summed E-state index contributed by atoms with van der Waals surface area (Å²) in [5.41, 5.74) is 1.43. The first kappa shape index (κ1) is 14.5. The molecule has 0 fully saturated rings. The average Bonchev–Trinajstić information content (AvgIpc) is 2.55. The topological polar surface area (TPSA) is 81.0 Å². The molecule has 2 rings (SSSR count). The fraction of sp³-hybridized carbons (Fsp3) is 0.133. The van der Waals surface area contributed by atoms with Crippen molar-refractivity contribution < 1.29 is 19.5 Å². The van der Waals surface area contributed by atoms with Crippen molar-refractivity contribution in [1.29, 1.82) is 0 Å². The van der Waals surface area contributed by atoms with E-state index in [9.17, 15) is 10.0 Å². The smallest absolute Gasteiger partial charge is 0.337 e. The zero-order valence-electron chi connectivity index (χ0n) is 11.6.